The van der Waals surface area contributed by atoms with Crippen molar-refractivity contribution in [1.82, 2.24) is 0 Å². The molecular weight excluding hydrogens is 595 g/mol. The maximum Gasteiger partial charge on any atom is 0.338 e. The largest absolute Gasteiger partial charge is 0.491 e. The molecule has 0 spiro atoms. The third kappa shape index (κ3) is 8.47. The Balaban J connectivity index is 1.58. The van der Waals surface area contributed by atoms with Gasteiger partial charge < -0.3 is 23.7 Å². The molecule has 2 aliphatic rings. The van der Waals surface area contributed by atoms with Crippen molar-refractivity contribution in [1.29, 1.82) is 0 Å². The fourth-order valence-electron chi connectivity index (χ4n) is 4.67. The van der Waals surface area contributed by atoms with Gasteiger partial charge in [-0.3, -0.25) is 0 Å². The molecule has 2 atom stereocenters. The van der Waals surface area contributed by atoms with Gasteiger partial charge >= 0.3 is 23.9 Å². The Kier molecular flexibility index (Phi) is 10.7. The lowest BCUT2D eigenvalue weighted by atomic mass is 9.91. The molecule has 0 aliphatic heterocycles. The molecule has 0 N–H and O–H groups in total. The molecule has 4 rings (SSSR count). The molecule has 10 heteroatoms. The highest BCUT2D eigenvalue weighted by Gasteiger charge is 2.48. The predicted molar refractivity (Wildman–Crippen MR) is 168 cm³/mol. The van der Waals surface area contributed by atoms with E-state index in [-0.39, 0.29) is 66.3 Å². The van der Waals surface area contributed by atoms with Gasteiger partial charge in [0, 0.05) is 22.6 Å². The highest BCUT2D eigenvalue weighted by Crippen LogP contribution is 2.56. The average Bonchev–Trinajstić information content (AvgIpc) is 3.82. The van der Waals surface area contributed by atoms with Gasteiger partial charge in [-0.1, -0.05) is 31.9 Å². The van der Waals surface area contributed by atoms with E-state index in [2.05, 4.69) is 19.7 Å². The number of fused-ring (bicyclic) bond motifs is 1. The first-order valence-electron chi connectivity index (χ1n) is 14.6. The number of hydrogen-bond donors (Lipinski definition) is 0. The van der Waals surface area contributed by atoms with Gasteiger partial charge in [0.15, 0.2) is 5.83 Å². The molecule has 2 unspecified atom stereocenters. The standard InChI is InChI=1S/C36H35FO9/c1-20(2)33(38)43-12-11-42-32-30-18-29(30)28(19-31(32)37)25-15-24(23-7-9-27(10-8-23)46-35(40)22(5)6)16-26(17-25)36(41)45-14-13-44-34(39)21(3)4/h7-10,15-17,19,29-30H,1,3,5,11-14,18H2,2,4,6H3. The fraction of sp³-hybridized carbons (Fsp3) is 0.278. The molecule has 0 bridgehead atoms. The van der Waals surface area contributed by atoms with Crippen molar-refractivity contribution in [3.63, 3.8) is 0 Å². The monoisotopic (exact) mass is 630 g/mol. The SMILES string of the molecule is C=C(C)C(=O)OCCOC(=O)c1cc(C2=CC(F)=C(OCCOC(=O)C(=C)C)C3CC23)cc(-c2ccc(OC(=O)C(=C)C)cc2)c1. The zero-order valence-corrected chi connectivity index (χ0v) is 26.0. The number of esters is 4. The third-order valence-electron chi connectivity index (χ3n) is 7.11. The van der Waals surface area contributed by atoms with Gasteiger partial charge in [0.25, 0.3) is 0 Å². The Morgan fingerprint density at radius 1 is 0.717 bits per heavy atom. The minimum absolute atomic E-state index is 0.000997. The number of carbonyl (C=O) groups is 4. The van der Waals surface area contributed by atoms with Crippen LogP contribution in [0.3, 0.4) is 0 Å². The van der Waals surface area contributed by atoms with E-state index in [0.717, 1.165) is 0 Å². The van der Waals surface area contributed by atoms with Crippen molar-refractivity contribution >= 4 is 29.5 Å². The van der Waals surface area contributed by atoms with Crippen LogP contribution < -0.4 is 4.74 Å². The summed E-state index contributed by atoms with van der Waals surface area (Å²) in [6.45, 7) is 14.8. The van der Waals surface area contributed by atoms with Crippen molar-refractivity contribution < 1.29 is 47.3 Å². The van der Waals surface area contributed by atoms with E-state index in [4.69, 9.17) is 23.7 Å². The minimum Gasteiger partial charge on any atom is -0.491 e. The molecule has 0 radical (unpaired) electrons. The van der Waals surface area contributed by atoms with Crippen molar-refractivity contribution in [2.75, 3.05) is 26.4 Å². The van der Waals surface area contributed by atoms with Gasteiger partial charge in [-0.2, -0.15) is 0 Å². The second kappa shape index (κ2) is 14.7. The lowest BCUT2D eigenvalue weighted by Crippen LogP contribution is -2.14. The Morgan fingerprint density at radius 2 is 1.28 bits per heavy atom. The van der Waals surface area contributed by atoms with Crippen LogP contribution >= 0.6 is 0 Å². The fourth-order valence-corrected chi connectivity index (χ4v) is 4.67. The molecule has 2 aliphatic carbocycles. The van der Waals surface area contributed by atoms with E-state index in [1.165, 1.54) is 19.9 Å². The first-order chi connectivity index (χ1) is 21.8. The van der Waals surface area contributed by atoms with Crippen LogP contribution in [0.5, 0.6) is 5.75 Å². The first-order valence-corrected chi connectivity index (χ1v) is 14.6. The summed E-state index contributed by atoms with van der Waals surface area (Å²) in [6, 6.07) is 11.8. The van der Waals surface area contributed by atoms with E-state index >= 15 is 4.39 Å². The number of ether oxygens (including phenoxy) is 5. The summed E-state index contributed by atoms with van der Waals surface area (Å²) in [5.74, 6) is -2.60. The topological polar surface area (TPSA) is 114 Å². The number of halogens is 1. The Labute approximate surface area is 266 Å². The van der Waals surface area contributed by atoms with Gasteiger partial charge in [-0.25, -0.2) is 23.6 Å². The molecule has 1 saturated carbocycles. The molecule has 9 nitrogen and oxygen atoms in total. The normalized spacial score (nSPS) is 16.3. The Morgan fingerprint density at radius 3 is 1.89 bits per heavy atom. The third-order valence-corrected chi connectivity index (χ3v) is 7.11. The second-order valence-corrected chi connectivity index (χ2v) is 11.1. The quantitative estimate of drug-likeness (QED) is 0.0763. The maximum atomic E-state index is 15.4. The second-order valence-electron chi connectivity index (χ2n) is 11.1. The van der Waals surface area contributed by atoms with Gasteiger partial charge in [-0.15, -0.1) is 0 Å². The van der Waals surface area contributed by atoms with Crippen LogP contribution in [0.2, 0.25) is 0 Å². The number of benzene rings is 2. The molecule has 2 aromatic carbocycles. The van der Waals surface area contributed by atoms with Crippen molar-refractivity contribution in [2.24, 2.45) is 11.8 Å². The van der Waals surface area contributed by atoms with Crippen LogP contribution in [0, 0.1) is 11.8 Å². The summed E-state index contributed by atoms with van der Waals surface area (Å²) in [7, 11) is 0. The van der Waals surface area contributed by atoms with Crippen molar-refractivity contribution in [2.45, 2.75) is 27.2 Å². The van der Waals surface area contributed by atoms with E-state index in [0.29, 0.717) is 34.4 Å². The summed E-state index contributed by atoms with van der Waals surface area (Å²) in [6.07, 6.45) is 2.04. The van der Waals surface area contributed by atoms with Gasteiger partial charge in [0.2, 0.25) is 0 Å². The van der Waals surface area contributed by atoms with Crippen LogP contribution in [0.25, 0.3) is 16.7 Å². The minimum atomic E-state index is -0.658. The summed E-state index contributed by atoms with van der Waals surface area (Å²) in [5, 5.41) is 0. The van der Waals surface area contributed by atoms with Crippen LogP contribution in [-0.2, 0) is 33.3 Å². The van der Waals surface area contributed by atoms with E-state index in [1.54, 1.807) is 43.3 Å². The van der Waals surface area contributed by atoms with Crippen LogP contribution in [0.1, 0.15) is 43.1 Å². The van der Waals surface area contributed by atoms with Crippen LogP contribution in [-0.4, -0.2) is 50.3 Å². The molecule has 0 saturated heterocycles. The first kappa shape index (κ1) is 33.6. The smallest absolute Gasteiger partial charge is 0.338 e. The summed E-state index contributed by atoms with van der Waals surface area (Å²) >= 11 is 0. The number of hydrogen-bond acceptors (Lipinski definition) is 9. The zero-order chi connectivity index (χ0) is 33.5. The lowest BCUT2D eigenvalue weighted by molar-refractivity contribution is -0.140. The molecule has 0 amide bonds. The number of carbonyl (C=O) groups excluding carboxylic acids is 4. The summed E-state index contributed by atoms with van der Waals surface area (Å²) in [4.78, 5) is 48.3. The average molecular weight is 631 g/mol. The Hall–Kier alpha value is -5.25. The molecule has 0 aromatic heterocycles. The van der Waals surface area contributed by atoms with E-state index in [9.17, 15) is 19.2 Å². The van der Waals surface area contributed by atoms with E-state index < -0.39 is 29.7 Å². The molecule has 1 fully saturated rings. The molecular formula is C36H35FO9. The molecule has 240 valence electrons. The van der Waals surface area contributed by atoms with Crippen LogP contribution in [0.15, 0.2) is 96.6 Å². The number of allylic oxidation sites excluding steroid dienone is 4. The van der Waals surface area contributed by atoms with E-state index in [1.807, 2.05) is 6.07 Å². The molecule has 0 heterocycles. The highest BCUT2D eigenvalue weighted by molar-refractivity contribution is 5.94. The molecule has 46 heavy (non-hydrogen) atoms. The highest BCUT2D eigenvalue weighted by atomic mass is 19.1. The van der Waals surface area contributed by atoms with Crippen LogP contribution in [0.4, 0.5) is 4.39 Å². The predicted octanol–water partition coefficient (Wildman–Crippen LogP) is 6.46. The Bertz CT molecular complexity index is 1660. The zero-order valence-electron chi connectivity index (χ0n) is 26.0. The molecule has 2 aromatic rings. The lowest BCUT2D eigenvalue weighted by Gasteiger charge is -2.18. The summed E-state index contributed by atoms with van der Waals surface area (Å²) in [5.41, 5.74) is 3.61. The van der Waals surface area contributed by atoms with Gasteiger partial charge in [0.05, 0.1) is 5.56 Å². The maximum absolute atomic E-state index is 15.4. The van der Waals surface area contributed by atoms with Gasteiger partial charge in [-0.05, 0) is 91.8 Å². The summed E-state index contributed by atoms with van der Waals surface area (Å²) < 4.78 is 41.7. The van der Waals surface area contributed by atoms with Crippen molar-refractivity contribution in [3.05, 3.63) is 108 Å². The van der Waals surface area contributed by atoms with Crippen molar-refractivity contribution in [3.8, 4) is 16.9 Å². The number of rotatable bonds is 14. The van der Waals surface area contributed by atoms with Gasteiger partial charge in [0.1, 0.15) is 37.9 Å².